The zero-order valence-electron chi connectivity index (χ0n) is 25.2. The van der Waals surface area contributed by atoms with E-state index in [4.69, 9.17) is 46.4 Å². The standard InChI is InChI=1S/C34H33Cl4N3O4S/c1-23(2)20-39-34(43)32(18-24-7-4-3-5-8-24)40(21-25-11-16-30(37)31(38)17-25)33(42)22-41(28-10-6-9-27(36)19-28)46(44,45)29-14-12-26(35)13-15-29/h3-17,19,23,32H,18,20-22H2,1-2H3,(H,39,43)/t32-/m1/s1. The molecule has 0 aliphatic rings. The second kappa shape index (κ2) is 16.0. The van der Waals surface area contributed by atoms with Crippen molar-refractivity contribution in [2.45, 2.75) is 37.8 Å². The molecule has 0 bridgehead atoms. The number of carbonyl (C=O) groups excluding carboxylic acids is 2. The number of nitrogens with one attached hydrogen (secondary N) is 1. The average Bonchev–Trinajstić information content (AvgIpc) is 3.02. The summed E-state index contributed by atoms with van der Waals surface area (Å²) >= 11 is 24.8. The number of amides is 2. The Balaban J connectivity index is 1.81. The normalized spacial score (nSPS) is 12.1. The molecule has 46 heavy (non-hydrogen) atoms. The van der Waals surface area contributed by atoms with Crippen LogP contribution in [-0.2, 0) is 32.6 Å². The Morgan fingerprint density at radius 3 is 2.09 bits per heavy atom. The third-order valence-corrected chi connectivity index (χ3v) is 10.1. The van der Waals surface area contributed by atoms with Crippen molar-refractivity contribution in [3.63, 3.8) is 0 Å². The molecule has 0 spiro atoms. The molecule has 2 amide bonds. The maximum absolute atomic E-state index is 14.5. The number of halogens is 4. The molecule has 0 aliphatic carbocycles. The summed E-state index contributed by atoms with van der Waals surface area (Å²) < 4.78 is 29.2. The van der Waals surface area contributed by atoms with Gasteiger partial charge in [0, 0.05) is 29.6 Å². The highest BCUT2D eigenvalue weighted by atomic mass is 35.5. The van der Waals surface area contributed by atoms with E-state index in [1.165, 1.54) is 35.2 Å². The molecule has 1 atom stereocenters. The van der Waals surface area contributed by atoms with Crippen molar-refractivity contribution < 1.29 is 18.0 Å². The summed E-state index contributed by atoms with van der Waals surface area (Å²) in [5.74, 6) is -0.839. The van der Waals surface area contributed by atoms with Crippen molar-refractivity contribution in [2.24, 2.45) is 5.92 Å². The van der Waals surface area contributed by atoms with Crippen LogP contribution in [0.3, 0.4) is 0 Å². The first-order valence-corrected chi connectivity index (χ1v) is 17.4. The summed E-state index contributed by atoms with van der Waals surface area (Å²) in [6.45, 7) is 3.64. The Morgan fingerprint density at radius 1 is 0.761 bits per heavy atom. The molecule has 0 unspecified atom stereocenters. The topological polar surface area (TPSA) is 86.8 Å². The van der Waals surface area contributed by atoms with Gasteiger partial charge >= 0.3 is 0 Å². The van der Waals surface area contributed by atoms with E-state index in [-0.39, 0.29) is 45.4 Å². The van der Waals surface area contributed by atoms with Gasteiger partial charge in [-0.15, -0.1) is 0 Å². The van der Waals surface area contributed by atoms with Crippen LogP contribution in [0.1, 0.15) is 25.0 Å². The molecule has 0 radical (unpaired) electrons. The number of rotatable bonds is 13. The van der Waals surface area contributed by atoms with Crippen molar-refractivity contribution >= 4 is 73.9 Å². The molecule has 12 heteroatoms. The Bertz CT molecular complexity index is 1770. The van der Waals surface area contributed by atoms with Gasteiger partial charge < -0.3 is 10.2 Å². The molecule has 0 aliphatic heterocycles. The highest BCUT2D eigenvalue weighted by molar-refractivity contribution is 7.92. The summed E-state index contributed by atoms with van der Waals surface area (Å²) in [5, 5.41) is 4.20. The number of carbonyl (C=O) groups is 2. The molecule has 1 N–H and O–H groups in total. The van der Waals surface area contributed by atoms with Gasteiger partial charge in [0.05, 0.1) is 20.6 Å². The maximum atomic E-state index is 14.5. The highest BCUT2D eigenvalue weighted by Crippen LogP contribution is 2.29. The predicted octanol–water partition coefficient (Wildman–Crippen LogP) is 7.91. The molecule has 0 aromatic heterocycles. The lowest BCUT2D eigenvalue weighted by Gasteiger charge is -2.34. The molecule has 7 nitrogen and oxygen atoms in total. The summed E-state index contributed by atoms with van der Waals surface area (Å²) in [4.78, 5) is 29.7. The molecular weight excluding hydrogens is 688 g/mol. The van der Waals surface area contributed by atoms with Crippen molar-refractivity contribution in [3.05, 3.63) is 128 Å². The smallest absolute Gasteiger partial charge is 0.264 e. The Morgan fingerprint density at radius 2 is 1.46 bits per heavy atom. The van der Waals surface area contributed by atoms with E-state index in [0.717, 1.165) is 9.87 Å². The van der Waals surface area contributed by atoms with Crippen molar-refractivity contribution in [1.82, 2.24) is 10.2 Å². The number of anilines is 1. The van der Waals surface area contributed by atoms with Crippen molar-refractivity contribution in [3.8, 4) is 0 Å². The van der Waals surface area contributed by atoms with Gasteiger partial charge in [-0.2, -0.15) is 0 Å². The maximum Gasteiger partial charge on any atom is 0.264 e. The molecule has 4 aromatic carbocycles. The minimum absolute atomic E-state index is 0.0489. The highest BCUT2D eigenvalue weighted by Gasteiger charge is 2.35. The van der Waals surface area contributed by atoms with Gasteiger partial charge in [-0.05, 0) is 71.6 Å². The van der Waals surface area contributed by atoms with Gasteiger partial charge in [-0.25, -0.2) is 8.42 Å². The minimum Gasteiger partial charge on any atom is -0.354 e. The lowest BCUT2D eigenvalue weighted by molar-refractivity contribution is -0.140. The Kier molecular flexibility index (Phi) is 12.4. The first-order chi connectivity index (χ1) is 21.8. The SMILES string of the molecule is CC(C)CNC(=O)[C@@H](Cc1ccccc1)N(Cc1ccc(Cl)c(Cl)c1)C(=O)CN(c1cccc(Cl)c1)S(=O)(=O)c1ccc(Cl)cc1. The van der Waals surface area contributed by atoms with E-state index >= 15 is 0 Å². The van der Waals surface area contributed by atoms with Crippen LogP contribution in [-0.4, -0.2) is 44.3 Å². The lowest BCUT2D eigenvalue weighted by atomic mass is 10.0. The summed E-state index contributed by atoms with van der Waals surface area (Å²) in [7, 11) is -4.30. The summed E-state index contributed by atoms with van der Waals surface area (Å²) in [6.07, 6.45) is 0.179. The third kappa shape index (κ3) is 9.39. The van der Waals surface area contributed by atoms with E-state index in [1.54, 1.807) is 36.4 Å². The van der Waals surface area contributed by atoms with Crippen LogP contribution < -0.4 is 9.62 Å². The van der Waals surface area contributed by atoms with Gasteiger partial charge in [0.2, 0.25) is 11.8 Å². The number of sulfonamides is 1. The first-order valence-electron chi connectivity index (χ1n) is 14.4. The van der Waals surface area contributed by atoms with E-state index in [9.17, 15) is 18.0 Å². The van der Waals surface area contributed by atoms with Crippen molar-refractivity contribution in [2.75, 3.05) is 17.4 Å². The molecule has 4 rings (SSSR count). The van der Waals surface area contributed by atoms with E-state index in [1.807, 2.05) is 44.2 Å². The number of nitrogens with zero attached hydrogens (tertiary/aromatic N) is 2. The molecule has 0 heterocycles. The second-order valence-corrected chi connectivity index (χ2v) is 14.6. The van der Waals surface area contributed by atoms with Gasteiger partial charge in [-0.3, -0.25) is 13.9 Å². The first kappa shape index (κ1) is 35.6. The van der Waals surface area contributed by atoms with Crippen LogP contribution in [0.15, 0.2) is 102 Å². The van der Waals surface area contributed by atoms with Crippen LogP contribution in [0.4, 0.5) is 5.69 Å². The van der Waals surface area contributed by atoms with Crippen LogP contribution in [0.2, 0.25) is 20.1 Å². The predicted molar refractivity (Wildman–Crippen MR) is 186 cm³/mol. The second-order valence-electron chi connectivity index (χ2n) is 11.1. The molecular formula is C34H33Cl4N3O4S. The minimum atomic E-state index is -4.30. The van der Waals surface area contributed by atoms with Crippen LogP contribution in [0.25, 0.3) is 0 Å². The Hall–Kier alpha value is -3.27. The van der Waals surface area contributed by atoms with Crippen LogP contribution in [0.5, 0.6) is 0 Å². The van der Waals surface area contributed by atoms with E-state index < -0.39 is 28.5 Å². The molecule has 4 aromatic rings. The van der Waals surface area contributed by atoms with Crippen LogP contribution >= 0.6 is 46.4 Å². The van der Waals surface area contributed by atoms with Gasteiger partial charge in [0.1, 0.15) is 12.6 Å². The zero-order chi connectivity index (χ0) is 33.4. The molecule has 0 fully saturated rings. The lowest BCUT2D eigenvalue weighted by Crippen LogP contribution is -2.53. The number of benzene rings is 4. The quantitative estimate of drug-likeness (QED) is 0.152. The van der Waals surface area contributed by atoms with Gasteiger partial charge in [0.25, 0.3) is 10.0 Å². The van der Waals surface area contributed by atoms with Gasteiger partial charge in [0.15, 0.2) is 0 Å². The summed E-state index contributed by atoms with van der Waals surface area (Å²) in [6, 6.07) is 25.1. The number of hydrogen-bond donors (Lipinski definition) is 1. The number of hydrogen-bond acceptors (Lipinski definition) is 4. The van der Waals surface area contributed by atoms with E-state index in [2.05, 4.69) is 5.32 Å². The zero-order valence-corrected chi connectivity index (χ0v) is 29.0. The monoisotopic (exact) mass is 719 g/mol. The summed E-state index contributed by atoms with van der Waals surface area (Å²) in [5.41, 5.74) is 1.60. The third-order valence-electron chi connectivity index (χ3n) is 7.07. The largest absolute Gasteiger partial charge is 0.354 e. The molecule has 242 valence electrons. The van der Waals surface area contributed by atoms with Gasteiger partial charge in [-0.1, -0.05) is 103 Å². The van der Waals surface area contributed by atoms with Crippen LogP contribution in [0, 0.1) is 5.92 Å². The average molecular weight is 722 g/mol. The fourth-order valence-electron chi connectivity index (χ4n) is 4.70. The van der Waals surface area contributed by atoms with E-state index in [0.29, 0.717) is 22.2 Å². The fourth-order valence-corrected chi connectivity index (χ4v) is 6.74. The van der Waals surface area contributed by atoms with Crippen molar-refractivity contribution in [1.29, 1.82) is 0 Å². The molecule has 0 saturated heterocycles. The fraction of sp³-hybridized carbons (Fsp3) is 0.235. The Labute approximate surface area is 290 Å². The molecule has 0 saturated carbocycles.